The molecule has 0 aromatic carbocycles. The van der Waals surface area contributed by atoms with Crippen LogP contribution in [0.4, 0.5) is 4.79 Å². The summed E-state index contributed by atoms with van der Waals surface area (Å²) in [5.41, 5.74) is -0.980. The van der Waals surface area contributed by atoms with Gasteiger partial charge in [0, 0.05) is 20.2 Å². The molecule has 0 aromatic rings. The van der Waals surface area contributed by atoms with Crippen molar-refractivity contribution >= 4 is 12.0 Å². The molecule has 0 aliphatic rings. The molecule has 7 heteroatoms. The average Bonchev–Trinajstić information content (AvgIpc) is 2.31. The number of carbonyl (C=O) groups is 2. The Morgan fingerprint density at radius 1 is 1.17 bits per heavy atom. The molecule has 106 valence electrons. The second-order valence-corrected chi connectivity index (χ2v) is 4.40. The van der Waals surface area contributed by atoms with Gasteiger partial charge in [-0.05, 0) is 13.8 Å². The van der Waals surface area contributed by atoms with Crippen molar-refractivity contribution in [1.82, 2.24) is 10.6 Å². The lowest BCUT2D eigenvalue weighted by Gasteiger charge is -2.19. The molecular weight excluding hydrogens is 240 g/mol. The highest BCUT2D eigenvalue weighted by atomic mass is 16.5. The molecule has 0 fully saturated rings. The highest BCUT2D eigenvalue weighted by molar-refractivity contribution is 5.77. The Morgan fingerprint density at radius 3 is 2.39 bits per heavy atom. The number of rotatable bonds is 9. The predicted molar refractivity (Wildman–Crippen MR) is 65.5 cm³/mol. The fourth-order valence-corrected chi connectivity index (χ4v) is 0.920. The van der Waals surface area contributed by atoms with Crippen LogP contribution in [0.5, 0.6) is 0 Å². The van der Waals surface area contributed by atoms with Crippen LogP contribution >= 0.6 is 0 Å². The largest absolute Gasteiger partial charge is 0.481 e. The molecule has 0 spiro atoms. The number of hydrogen-bond donors (Lipinski definition) is 3. The van der Waals surface area contributed by atoms with Gasteiger partial charge in [-0.2, -0.15) is 0 Å². The maximum Gasteiger partial charge on any atom is 0.314 e. The number of ether oxygens (including phenoxy) is 2. The van der Waals surface area contributed by atoms with Crippen molar-refractivity contribution in [2.75, 3.05) is 40.0 Å². The van der Waals surface area contributed by atoms with Gasteiger partial charge in [0.25, 0.3) is 0 Å². The van der Waals surface area contributed by atoms with Crippen LogP contribution in [-0.4, -0.2) is 57.1 Å². The van der Waals surface area contributed by atoms with Crippen molar-refractivity contribution in [1.29, 1.82) is 0 Å². The number of aliphatic carboxylic acids is 1. The molecule has 0 aliphatic heterocycles. The summed E-state index contributed by atoms with van der Waals surface area (Å²) in [5.74, 6) is -0.953. The maximum atomic E-state index is 11.3. The molecule has 0 aromatic heterocycles. The van der Waals surface area contributed by atoms with Crippen LogP contribution in [0.2, 0.25) is 0 Å². The van der Waals surface area contributed by atoms with Gasteiger partial charge < -0.3 is 25.2 Å². The number of carbonyl (C=O) groups excluding carboxylic acids is 1. The van der Waals surface area contributed by atoms with Gasteiger partial charge in [0.2, 0.25) is 0 Å². The quantitative estimate of drug-likeness (QED) is 0.510. The molecule has 0 radical (unpaired) electrons. The Kier molecular flexibility index (Phi) is 8.06. The van der Waals surface area contributed by atoms with E-state index in [9.17, 15) is 9.59 Å². The second-order valence-electron chi connectivity index (χ2n) is 4.40. The Labute approximate surface area is 107 Å². The molecule has 0 aliphatic carbocycles. The van der Waals surface area contributed by atoms with Crippen molar-refractivity contribution in [3.05, 3.63) is 0 Å². The number of methoxy groups -OCH3 is 1. The van der Waals surface area contributed by atoms with E-state index in [0.717, 1.165) is 0 Å². The topological polar surface area (TPSA) is 96.9 Å². The first-order valence-corrected chi connectivity index (χ1v) is 5.72. The number of carboxylic acid groups (broad SMARTS) is 1. The standard InChI is InChI=1S/C11H22N2O5/c1-11(2,9(14)15)8-13-10(16)12-4-5-18-7-6-17-3/h4-8H2,1-3H3,(H,14,15)(H2,12,13,16). The molecule has 0 saturated heterocycles. The number of urea groups is 1. The third-order valence-electron chi connectivity index (χ3n) is 2.23. The molecule has 7 nitrogen and oxygen atoms in total. The third-order valence-corrected chi connectivity index (χ3v) is 2.23. The van der Waals surface area contributed by atoms with Gasteiger partial charge in [0.1, 0.15) is 0 Å². The third kappa shape index (κ3) is 7.86. The van der Waals surface area contributed by atoms with Crippen LogP contribution in [0.1, 0.15) is 13.8 Å². The summed E-state index contributed by atoms with van der Waals surface area (Å²) in [6.45, 7) is 4.90. The van der Waals surface area contributed by atoms with Crippen LogP contribution in [0.25, 0.3) is 0 Å². The zero-order chi connectivity index (χ0) is 14.0. The molecule has 0 saturated carbocycles. The fourth-order valence-electron chi connectivity index (χ4n) is 0.920. The fraction of sp³-hybridized carbons (Fsp3) is 0.818. The Hall–Kier alpha value is -1.34. The van der Waals surface area contributed by atoms with Crippen molar-refractivity contribution in [2.24, 2.45) is 5.41 Å². The summed E-state index contributed by atoms with van der Waals surface area (Å²) in [6, 6.07) is -0.403. The minimum Gasteiger partial charge on any atom is -0.481 e. The number of carboxylic acids is 1. The summed E-state index contributed by atoms with van der Waals surface area (Å²) in [4.78, 5) is 22.1. The SMILES string of the molecule is COCCOCCNC(=O)NCC(C)(C)C(=O)O. The predicted octanol–water partition coefficient (Wildman–Crippen LogP) is 0.0594. The molecule has 0 atom stereocenters. The zero-order valence-corrected chi connectivity index (χ0v) is 11.1. The molecule has 0 rings (SSSR count). The van der Waals surface area contributed by atoms with Crippen LogP contribution in [-0.2, 0) is 14.3 Å². The molecule has 0 bridgehead atoms. The van der Waals surface area contributed by atoms with Crippen LogP contribution in [0.15, 0.2) is 0 Å². The number of hydrogen-bond acceptors (Lipinski definition) is 4. The van der Waals surface area contributed by atoms with Gasteiger partial charge in [-0.15, -0.1) is 0 Å². The second kappa shape index (κ2) is 8.71. The van der Waals surface area contributed by atoms with E-state index in [1.807, 2.05) is 0 Å². The van der Waals surface area contributed by atoms with Gasteiger partial charge >= 0.3 is 12.0 Å². The average molecular weight is 262 g/mol. The van der Waals surface area contributed by atoms with E-state index in [2.05, 4.69) is 10.6 Å². The lowest BCUT2D eigenvalue weighted by molar-refractivity contribution is -0.146. The summed E-state index contributed by atoms with van der Waals surface area (Å²) in [6.07, 6.45) is 0. The van der Waals surface area contributed by atoms with Gasteiger partial charge in [-0.3, -0.25) is 4.79 Å². The van der Waals surface area contributed by atoms with Gasteiger partial charge in [0.15, 0.2) is 0 Å². The van der Waals surface area contributed by atoms with Gasteiger partial charge in [-0.25, -0.2) is 4.79 Å². The summed E-state index contributed by atoms with van der Waals surface area (Å²) in [5, 5.41) is 13.9. The van der Waals surface area contributed by atoms with E-state index in [0.29, 0.717) is 26.4 Å². The maximum absolute atomic E-state index is 11.3. The lowest BCUT2D eigenvalue weighted by atomic mass is 9.94. The number of nitrogens with one attached hydrogen (secondary N) is 2. The number of amides is 2. The van der Waals surface area contributed by atoms with E-state index in [1.54, 1.807) is 21.0 Å². The van der Waals surface area contributed by atoms with E-state index in [1.165, 1.54) is 0 Å². The van der Waals surface area contributed by atoms with E-state index < -0.39 is 17.4 Å². The lowest BCUT2D eigenvalue weighted by Crippen LogP contribution is -2.44. The monoisotopic (exact) mass is 262 g/mol. The Bertz CT molecular complexity index is 268. The molecule has 0 unspecified atom stereocenters. The molecular formula is C11H22N2O5. The molecule has 18 heavy (non-hydrogen) atoms. The highest BCUT2D eigenvalue weighted by Gasteiger charge is 2.27. The Balaban J connectivity index is 3.58. The molecule has 3 N–H and O–H groups in total. The smallest absolute Gasteiger partial charge is 0.314 e. The van der Waals surface area contributed by atoms with Crippen molar-refractivity contribution in [3.63, 3.8) is 0 Å². The van der Waals surface area contributed by atoms with Gasteiger partial charge in [-0.1, -0.05) is 0 Å². The van der Waals surface area contributed by atoms with Crippen molar-refractivity contribution in [2.45, 2.75) is 13.8 Å². The molecule has 2 amide bonds. The normalized spacial score (nSPS) is 11.1. The Morgan fingerprint density at radius 2 is 1.83 bits per heavy atom. The van der Waals surface area contributed by atoms with Crippen molar-refractivity contribution < 1.29 is 24.2 Å². The van der Waals surface area contributed by atoms with Crippen LogP contribution in [0.3, 0.4) is 0 Å². The first-order valence-electron chi connectivity index (χ1n) is 5.72. The summed E-state index contributed by atoms with van der Waals surface area (Å²) < 4.78 is 9.93. The first-order chi connectivity index (χ1) is 8.40. The minimum absolute atomic E-state index is 0.0682. The first kappa shape index (κ1) is 16.7. The van der Waals surface area contributed by atoms with E-state index >= 15 is 0 Å². The van der Waals surface area contributed by atoms with Crippen LogP contribution < -0.4 is 10.6 Å². The summed E-state index contributed by atoms with van der Waals surface area (Å²) in [7, 11) is 1.58. The van der Waals surface area contributed by atoms with E-state index in [4.69, 9.17) is 14.6 Å². The zero-order valence-electron chi connectivity index (χ0n) is 11.1. The van der Waals surface area contributed by atoms with Gasteiger partial charge in [0.05, 0.1) is 25.2 Å². The van der Waals surface area contributed by atoms with E-state index in [-0.39, 0.29) is 6.54 Å². The molecule has 0 heterocycles. The minimum atomic E-state index is -0.980. The van der Waals surface area contributed by atoms with Crippen LogP contribution in [0, 0.1) is 5.41 Å². The highest BCUT2D eigenvalue weighted by Crippen LogP contribution is 2.12. The summed E-state index contributed by atoms with van der Waals surface area (Å²) >= 11 is 0. The van der Waals surface area contributed by atoms with Crippen molar-refractivity contribution in [3.8, 4) is 0 Å².